The highest BCUT2D eigenvalue weighted by molar-refractivity contribution is 9.11. The third kappa shape index (κ3) is 2.42. The molecule has 1 amide bonds. The number of rotatable bonds is 1. The second-order valence-corrected chi connectivity index (χ2v) is 3.49. The van der Waals surface area contributed by atoms with Gasteiger partial charge in [0.15, 0.2) is 0 Å². The Morgan fingerprint density at radius 1 is 1.75 bits per heavy atom. The van der Waals surface area contributed by atoms with E-state index < -0.39 is 0 Å². The van der Waals surface area contributed by atoms with Crippen LogP contribution >= 0.6 is 28.1 Å². The van der Waals surface area contributed by atoms with E-state index in [1.165, 1.54) is 6.92 Å². The molecule has 0 bridgehead atoms. The lowest BCUT2D eigenvalue weighted by molar-refractivity contribution is -0.118. The Labute approximate surface area is 84.0 Å². The van der Waals surface area contributed by atoms with Crippen molar-refractivity contribution in [2.45, 2.75) is 6.92 Å². The quantitative estimate of drug-likeness (QED) is 0.706. The van der Waals surface area contributed by atoms with E-state index in [4.69, 9.17) is 12.2 Å². The highest BCUT2D eigenvalue weighted by atomic mass is 79.9. The first kappa shape index (κ1) is 9.41. The van der Waals surface area contributed by atoms with Crippen molar-refractivity contribution in [1.82, 2.24) is 10.6 Å². The molecule has 0 atom stereocenters. The van der Waals surface area contributed by atoms with E-state index in [0.29, 0.717) is 10.7 Å². The fraction of sp³-hybridized carbons (Fsp3) is 0.143. The Bertz CT molecular complexity index is 296. The van der Waals surface area contributed by atoms with Crippen LogP contribution in [0.3, 0.4) is 0 Å². The molecule has 3 nitrogen and oxygen atoms in total. The topological polar surface area (TPSA) is 43.2 Å². The molecule has 1 rings (SSSR count). The molecule has 0 saturated heterocycles. The molecule has 0 saturated carbocycles. The summed E-state index contributed by atoms with van der Waals surface area (Å²) in [7, 11) is 0. The SMILES string of the molecule is CC(=O)NC1=CC(Br)=C[N]C1=S. The van der Waals surface area contributed by atoms with E-state index in [9.17, 15) is 4.79 Å². The predicted octanol–water partition coefficient (Wildman–Crippen LogP) is 1.19. The summed E-state index contributed by atoms with van der Waals surface area (Å²) in [5.74, 6) is -0.152. The second-order valence-electron chi connectivity index (χ2n) is 2.19. The van der Waals surface area contributed by atoms with Crippen LogP contribution in [0.5, 0.6) is 0 Å². The van der Waals surface area contributed by atoms with Crippen LogP contribution in [-0.2, 0) is 4.79 Å². The van der Waals surface area contributed by atoms with Gasteiger partial charge in [-0.2, -0.15) is 0 Å². The van der Waals surface area contributed by atoms with Crippen LogP contribution in [0, 0.1) is 0 Å². The van der Waals surface area contributed by atoms with Gasteiger partial charge in [-0.25, -0.2) is 5.32 Å². The van der Waals surface area contributed by atoms with E-state index in [1.54, 1.807) is 12.3 Å². The van der Waals surface area contributed by atoms with Gasteiger partial charge in [0, 0.05) is 17.6 Å². The van der Waals surface area contributed by atoms with Crippen molar-refractivity contribution in [2.24, 2.45) is 0 Å². The Kier molecular flexibility index (Phi) is 2.99. The second kappa shape index (κ2) is 3.82. The van der Waals surface area contributed by atoms with Gasteiger partial charge < -0.3 is 5.32 Å². The summed E-state index contributed by atoms with van der Waals surface area (Å²) in [5.41, 5.74) is 0.562. The molecule has 5 heteroatoms. The van der Waals surface area contributed by atoms with Gasteiger partial charge in [-0.05, 0) is 22.0 Å². The molecule has 1 N–H and O–H groups in total. The summed E-state index contributed by atoms with van der Waals surface area (Å²) in [4.78, 5) is 11.1. The Morgan fingerprint density at radius 2 is 2.42 bits per heavy atom. The Hall–Kier alpha value is -0.680. The summed E-state index contributed by atoms with van der Waals surface area (Å²) in [6.45, 7) is 1.43. The van der Waals surface area contributed by atoms with E-state index in [-0.39, 0.29) is 5.91 Å². The van der Waals surface area contributed by atoms with Gasteiger partial charge in [0.1, 0.15) is 4.99 Å². The molecule has 0 aromatic heterocycles. The van der Waals surface area contributed by atoms with Crippen LogP contribution in [0.15, 0.2) is 22.5 Å². The summed E-state index contributed by atoms with van der Waals surface area (Å²) in [6, 6.07) is 0. The molecule has 0 fully saturated rings. The molecule has 0 aromatic carbocycles. The van der Waals surface area contributed by atoms with Gasteiger partial charge in [0.05, 0.1) is 5.70 Å². The molecule has 63 valence electrons. The van der Waals surface area contributed by atoms with E-state index in [2.05, 4.69) is 26.6 Å². The van der Waals surface area contributed by atoms with Crippen molar-refractivity contribution in [3.05, 3.63) is 22.5 Å². The number of amides is 1. The van der Waals surface area contributed by atoms with Crippen molar-refractivity contribution in [1.29, 1.82) is 0 Å². The lowest BCUT2D eigenvalue weighted by Gasteiger charge is -2.11. The lowest BCUT2D eigenvalue weighted by Crippen LogP contribution is -2.29. The van der Waals surface area contributed by atoms with Gasteiger partial charge in [0.2, 0.25) is 5.91 Å². The van der Waals surface area contributed by atoms with Gasteiger partial charge in [0.25, 0.3) is 0 Å². The number of hydrogen-bond donors (Lipinski definition) is 1. The molecule has 12 heavy (non-hydrogen) atoms. The Morgan fingerprint density at radius 3 is 3.00 bits per heavy atom. The number of thiocarbonyl (C=S) groups is 1. The molecule has 1 radical (unpaired) electrons. The van der Waals surface area contributed by atoms with Crippen molar-refractivity contribution < 1.29 is 4.79 Å². The third-order valence-corrected chi connectivity index (χ3v) is 1.89. The van der Waals surface area contributed by atoms with Crippen LogP contribution in [0.4, 0.5) is 0 Å². The van der Waals surface area contributed by atoms with Crippen molar-refractivity contribution in [2.75, 3.05) is 0 Å². The lowest BCUT2D eigenvalue weighted by atomic mass is 10.3. The van der Waals surface area contributed by atoms with Crippen LogP contribution in [0.2, 0.25) is 0 Å². The first-order chi connectivity index (χ1) is 5.59. The Balaban J connectivity index is 2.79. The van der Waals surface area contributed by atoms with Crippen LogP contribution < -0.4 is 10.6 Å². The largest absolute Gasteiger partial charge is 0.324 e. The predicted molar refractivity (Wildman–Crippen MR) is 53.6 cm³/mol. The molecular formula is C7H6BrN2OS. The molecule has 0 aliphatic carbocycles. The zero-order chi connectivity index (χ0) is 9.14. The van der Waals surface area contributed by atoms with E-state index in [0.717, 1.165) is 4.48 Å². The summed E-state index contributed by atoms with van der Waals surface area (Å²) < 4.78 is 0.792. The minimum atomic E-state index is -0.152. The maximum Gasteiger partial charge on any atom is 0.221 e. The summed E-state index contributed by atoms with van der Waals surface area (Å²) in [6.07, 6.45) is 3.31. The van der Waals surface area contributed by atoms with E-state index >= 15 is 0 Å². The average Bonchev–Trinajstić information content (AvgIpc) is 1.96. The minimum Gasteiger partial charge on any atom is -0.324 e. The maximum absolute atomic E-state index is 10.7. The molecule has 1 aliphatic heterocycles. The third-order valence-electron chi connectivity index (χ3n) is 1.13. The number of nitrogens with zero attached hydrogens (tertiary/aromatic N) is 1. The average molecular weight is 246 g/mol. The van der Waals surface area contributed by atoms with Gasteiger partial charge in [-0.3, -0.25) is 4.79 Å². The number of hydrogen-bond acceptors (Lipinski definition) is 2. The van der Waals surface area contributed by atoms with Gasteiger partial charge in [-0.1, -0.05) is 12.2 Å². The van der Waals surface area contributed by atoms with Gasteiger partial charge in [-0.15, -0.1) is 0 Å². The monoisotopic (exact) mass is 245 g/mol. The summed E-state index contributed by atoms with van der Waals surface area (Å²) >= 11 is 8.11. The number of carbonyl (C=O) groups excluding carboxylic acids is 1. The smallest absolute Gasteiger partial charge is 0.221 e. The first-order valence-corrected chi connectivity index (χ1v) is 4.40. The number of allylic oxidation sites excluding steroid dienone is 2. The van der Waals surface area contributed by atoms with Crippen molar-refractivity contribution in [3.63, 3.8) is 0 Å². The van der Waals surface area contributed by atoms with Crippen molar-refractivity contribution >= 4 is 39.0 Å². The van der Waals surface area contributed by atoms with Crippen LogP contribution in [0.1, 0.15) is 6.92 Å². The number of halogens is 1. The first-order valence-electron chi connectivity index (χ1n) is 3.20. The molecule has 0 spiro atoms. The fourth-order valence-electron chi connectivity index (χ4n) is 0.706. The highest BCUT2D eigenvalue weighted by Crippen LogP contribution is 2.13. The normalized spacial score (nSPS) is 16.0. The molecule has 0 unspecified atom stereocenters. The zero-order valence-electron chi connectivity index (χ0n) is 6.30. The highest BCUT2D eigenvalue weighted by Gasteiger charge is 2.11. The number of nitrogens with one attached hydrogen (secondary N) is 1. The standard InChI is InChI=1S/C7H6BrN2OS/c1-4(11)10-6-2-5(8)3-9-7(6)12/h2-3H,1H3,(H,10,11). The van der Waals surface area contributed by atoms with Gasteiger partial charge >= 0.3 is 0 Å². The summed E-state index contributed by atoms with van der Waals surface area (Å²) in [5, 5.41) is 6.46. The number of carbonyl (C=O) groups is 1. The molecular weight excluding hydrogens is 240 g/mol. The van der Waals surface area contributed by atoms with Crippen molar-refractivity contribution in [3.8, 4) is 0 Å². The minimum absolute atomic E-state index is 0.152. The molecule has 0 aromatic rings. The van der Waals surface area contributed by atoms with Crippen LogP contribution in [-0.4, -0.2) is 10.9 Å². The fourth-order valence-corrected chi connectivity index (χ4v) is 1.20. The zero-order valence-corrected chi connectivity index (χ0v) is 8.70. The van der Waals surface area contributed by atoms with Crippen LogP contribution in [0.25, 0.3) is 0 Å². The maximum atomic E-state index is 10.7. The molecule has 1 aliphatic rings. The molecule has 1 heterocycles. The van der Waals surface area contributed by atoms with E-state index in [1.807, 2.05) is 0 Å².